The number of nitrogens with one attached hydrogen (secondary N) is 1. The van der Waals surface area contributed by atoms with Gasteiger partial charge in [0.15, 0.2) is 0 Å². The second kappa shape index (κ2) is 5.58. The maximum Gasteiger partial charge on any atom is 0.140 e. The van der Waals surface area contributed by atoms with Crippen molar-refractivity contribution < 1.29 is 4.39 Å². The quantitative estimate of drug-likeness (QED) is 0.846. The smallest absolute Gasteiger partial charge is 0.140 e. The molecule has 1 aliphatic rings. The third kappa shape index (κ3) is 2.84. The number of halogens is 2. The number of aromatic nitrogens is 1. The Bertz CT molecular complexity index is 733. The summed E-state index contributed by atoms with van der Waals surface area (Å²) in [5.74, 6) is 0.149. The van der Waals surface area contributed by atoms with Gasteiger partial charge in [-0.05, 0) is 49.1 Å². The molecule has 0 unspecified atom stereocenters. The number of hydrogen-bond acceptors (Lipinski definition) is 3. The molecule has 0 radical (unpaired) electrons. The van der Waals surface area contributed by atoms with Gasteiger partial charge in [0.05, 0.1) is 16.3 Å². The topological polar surface area (TPSA) is 50.9 Å². The van der Waals surface area contributed by atoms with E-state index in [0.29, 0.717) is 22.1 Å². The molecule has 1 aromatic heterocycles. The highest BCUT2D eigenvalue weighted by Gasteiger charge is 2.18. The van der Waals surface area contributed by atoms with Crippen molar-refractivity contribution in [3.63, 3.8) is 0 Å². The lowest BCUT2D eigenvalue weighted by Gasteiger charge is -2.13. The van der Waals surface area contributed by atoms with Gasteiger partial charge in [0.2, 0.25) is 0 Å². The minimum absolute atomic E-state index is 0.257. The van der Waals surface area contributed by atoms with E-state index >= 15 is 0 Å². The number of thiocarbonyl (C=S) groups is 1. The molecular formula is C15H13ClFN3S. The van der Waals surface area contributed by atoms with E-state index in [9.17, 15) is 4.39 Å². The normalized spacial score (nSPS) is 13.0. The Morgan fingerprint density at radius 3 is 2.90 bits per heavy atom. The fraction of sp³-hybridized carbons (Fsp3) is 0.200. The molecular weight excluding hydrogens is 309 g/mol. The Balaban J connectivity index is 2.05. The molecule has 0 saturated carbocycles. The first-order valence-electron chi connectivity index (χ1n) is 6.59. The molecule has 0 bridgehead atoms. The summed E-state index contributed by atoms with van der Waals surface area (Å²) in [7, 11) is 0. The summed E-state index contributed by atoms with van der Waals surface area (Å²) in [5, 5.41) is 3.45. The van der Waals surface area contributed by atoms with Crippen molar-refractivity contribution in [3.05, 3.63) is 51.9 Å². The predicted molar refractivity (Wildman–Crippen MR) is 86.8 cm³/mol. The third-order valence-electron chi connectivity index (χ3n) is 3.50. The van der Waals surface area contributed by atoms with Gasteiger partial charge >= 0.3 is 0 Å². The Morgan fingerprint density at radius 1 is 1.33 bits per heavy atom. The second-order valence-corrected chi connectivity index (χ2v) is 5.80. The van der Waals surface area contributed by atoms with Crippen LogP contribution in [0.4, 0.5) is 15.9 Å². The average Bonchev–Trinajstić information content (AvgIpc) is 2.89. The molecule has 3 N–H and O–H groups in total. The first kappa shape index (κ1) is 14.2. The number of hydrogen-bond donors (Lipinski definition) is 2. The molecule has 21 heavy (non-hydrogen) atoms. The van der Waals surface area contributed by atoms with Crippen molar-refractivity contribution in [2.75, 3.05) is 5.32 Å². The SMILES string of the molecule is NC(=S)c1cc2c(nc1Nc1cc(F)ccc1Cl)CCC2. The van der Waals surface area contributed by atoms with Gasteiger partial charge in [-0.1, -0.05) is 23.8 Å². The summed E-state index contributed by atoms with van der Waals surface area (Å²) in [4.78, 5) is 4.84. The van der Waals surface area contributed by atoms with E-state index in [4.69, 9.17) is 29.6 Å². The lowest BCUT2D eigenvalue weighted by molar-refractivity contribution is 0.628. The first-order chi connectivity index (χ1) is 10.0. The molecule has 6 heteroatoms. The lowest BCUT2D eigenvalue weighted by atomic mass is 10.1. The predicted octanol–water partition coefficient (Wildman–Crippen LogP) is 3.74. The van der Waals surface area contributed by atoms with Crippen LogP contribution in [0.25, 0.3) is 0 Å². The average molecular weight is 322 g/mol. The van der Waals surface area contributed by atoms with Crippen molar-refractivity contribution in [2.45, 2.75) is 19.3 Å². The van der Waals surface area contributed by atoms with Crippen molar-refractivity contribution in [2.24, 2.45) is 5.73 Å². The van der Waals surface area contributed by atoms with E-state index in [-0.39, 0.29) is 10.8 Å². The van der Waals surface area contributed by atoms with Crippen LogP contribution in [-0.4, -0.2) is 9.97 Å². The van der Waals surface area contributed by atoms with Gasteiger partial charge in [-0.25, -0.2) is 9.37 Å². The minimum atomic E-state index is -0.375. The molecule has 2 aromatic rings. The fourth-order valence-corrected chi connectivity index (χ4v) is 2.80. The van der Waals surface area contributed by atoms with Crippen LogP contribution in [0.5, 0.6) is 0 Å². The largest absolute Gasteiger partial charge is 0.389 e. The molecule has 0 saturated heterocycles. The summed E-state index contributed by atoms with van der Waals surface area (Å²) < 4.78 is 13.4. The van der Waals surface area contributed by atoms with E-state index < -0.39 is 0 Å². The number of pyridine rings is 1. The van der Waals surface area contributed by atoms with Gasteiger partial charge in [0.1, 0.15) is 16.6 Å². The zero-order valence-electron chi connectivity index (χ0n) is 11.1. The van der Waals surface area contributed by atoms with E-state index in [0.717, 1.165) is 25.0 Å². The van der Waals surface area contributed by atoms with E-state index in [1.165, 1.54) is 23.8 Å². The third-order valence-corrected chi connectivity index (χ3v) is 4.05. The van der Waals surface area contributed by atoms with E-state index in [2.05, 4.69) is 10.3 Å². The van der Waals surface area contributed by atoms with Crippen LogP contribution in [0.15, 0.2) is 24.3 Å². The maximum absolute atomic E-state index is 13.4. The van der Waals surface area contributed by atoms with Crippen molar-refractivity contribution in [1.82, 2.24) is 4.98 Å². The molecule has 1 aromatic carbocycles. The number of fused-ring (bicyclic) bond motifs is 1. The fourth-order valence-electron chi connectivity index (χ4n) is 2.48. The van der Waals surface area contributed by atoms with Crippen LogP contribution >= 0.6 is 23.8 Å². The number of nitrogens with zero attached hydrogens (tertiary/aromatic N) is 1. The number of benzene rings is 1. The summed E-state index contributed by atoms with van der Waals surface area (Å²) in [6.45, 7) is 0. The van der Waals surface area contributed by atoms with Gasteiger partial charge < -0.3 is 11.1 Å². The van der Waals surface area contributed by atoms with Gasteiger partial charge in [0.25, 0.3) is 0 Å². The monoisotopic (exact) mass is 321 g/mol. The molecule has 3 nitrogen and oxygen atoms in total. The molecule has 108 valence electrons. The van der Waals surface area contributed by atoms with Gasteiger partial charge in [-0.15, -0.1) is 0 Å². The van der Waals surface area contributed by atoms with Crippen molar-refractivity contribution in [1.29, 1.82) is 0 Å². The Kier molecular flexibility index (Phi) is 3.78. The first-order valence-corrected chi connectivity index (χ1v) is 7.38. The van der Waals surface area contributed by atoms with Crippen molar-refractivity contribution in [3.8, 4) is 0 Å². The standard InChI is InChI=1S/C15H13ClFN3S/c16-11-5-4-9(17)7-13(11)20-15-10(14(18)21)6-8-2-1-3-12(8)19-15/h4-7H,1-3H2,(H2,18,21)(H,19,20). The minimum Gasteiger partial charge on any atom is -0.389 e. The summed E-state index contributed by atoms with van der Waals surface area (Å²) in [5.41, 5.74) is 9.08. The molecule has 0 atom stereocenters. The van der Waals surface area contributed by atoms with Crippen LogP contribution in [-0.2, 0) is 12.8 Å². The zero-order valence-corrected chi connectivity index (χ0v) is 12.7. The zero-order chi connectivity index (χ0) is 15.0. The highest BCUT2D eigenvalue weighted by atomic mass is 35.5. The van der Waals surface area contributed by atoms with E-state index in [1.54, 1.807) is 0 Å². The number of rotatable bonds is 3. The Morgan fingerprint density at radius 2 is 2.14 bits per heavy atom. The Hall–Kier alpha value is -1.72. The molecule has 1 heterocycles. The van der Waals surface area contributed by atoms with Crippen LogP contribution in [0.3, 0.4) is 0 Å². The molecule has 0 amide bonds. The number of nitrogens with two attached hydrogens (primary N) is 1. The van der Waals surface area contributed by atoms with Crippen LogP contribution in [0.2, 0.25) is 5.02 Å². The maximum atomic E-state index is 13.4. The van der Waals surface area contributed by atoms with Crippen molar-refractivity contribution >= 4 is 40.3 Å². The number of anilines is 2. The Labute approximate surface area is 132 Å². The molecule has 0 aliphatic heterocycles. The summed E-state index contributed by atoms with van der Waals surface area (Å²) in [6.07, 6.45) is 2.99. The molecule has 3 rings (SSSR count). The second-order valence-electron chi connectivity index (χ2n) is 4.96. The molecule has 0 fully saturated rings. The van der Waals surface area contributed by atoms with Gasteiger partial charge in [-0.3, -0.25) is 0 Å². The van der Waals surface area contributed by atoms with E-state index in [1.807, 2.05) is 6.07 Å². The van der Waals surface area contributed by atoms with Gasteiger partial charge in [-0.2, -0.15) is 0 Å². The lowest BCUT2D eigenvalue weighted by Crippen LogP contribution is -2.14. The van der Waals surface area contributed by atoms with Crippen LogP contribution < -0.4 is 11.1 Å². The summed E-state index contributed by atoms with van der Waals surface area (Å²) >= 11 is 11.2. The number of aryl methyl sites for hydroxylation is 2. The molecule has 1 aliphatic carbocycles. The highest BCUT2D eigenvalue weighted by molar-refractivity contribution is 7.80. The molecule has 0 spiro atoms. The highest BCUT2D eigenvalue weighted by Crippen LogP contribution is 2.30. The van der Waals surface area contributed by atoms with Crippen LogP contribution in [0.1, 0.15) is 23.2 Å². The van der Waals surface area contributed by atoms with Gasteiger partial charge in [0, 0.05) is 5.69 Å². The van der Waals surface area contributed by atoms with Crippen LogP contribution in [0, 0.1) is 5.82 Å². The summed E-state index contributed by atoms with van der Waals surface area (Å²) in [6, 6.07) is 6.08.